The summed E-state index contributed by atoms with van der Waals surface area (Å²) >= 11 is 0. The van der Waals surface area contributed by atoms with Gasteiger partial charge in [-0.2, -0.15) is 0 Å². The minimum absolute atomic E-state index is 0.116. The zero-order chi connectivity index (χ0) is 25.6. The molecule has 3 fully saturated rings. The minimum atomic E-state index is -0.940. The third kappa shape index (κ3) is 4.50. The maximum atomic E-state index is 13.3. The molecule has 3 aliphatic heterocycles. The predicted molar refractivity (Wildman–Crippen MR) is 138 cm³/mol. The van der Waals surface area contributed by atoms with E-state index >= 15 is 0 Å². The predicted octanol–water partition coefficient (Wildman–Crippen LogP) is 3.64. The van der Waals surface area contributed by atoms with Crippen molar-refractivity contribution in [2.75, 3.05) is 13.1 Å². The van der Waals surface area contributed by atoms with Gasteiger partial charge in [-0.3, -0.25) is 34.3 Å². The standard InChI is InChI=1S/C30H33N3O4/c34-25-12-11-24(27(35)31-25)33-28(36)23-4-1-3-22(26(23)29(33)37)10-9-20-5-7-21(8-6-20)19-32-17-15-30(16-18-32)13-2-14-30/h1,3-8,24H,2,9-19H2,(H,31,34,35). The third-order valence-corrected chi connectivity index (χ3v) is 9.00. The van der Waals surface area contributed by atoms with Crippen LogP contribution in [0.1, 0.15) is 82.4 Å². The van der Waals surface area contributed by atoms with Crippen molar-refractivity contribution in [1.82, 2.24) is 15.1 Å². The van der Waals surface area contributed by atoms with E-state index in [9.17, 15) is 19.2 Å². The van der Waals surface area contributed by atoms with Gasteiger partial charge in [-0.15, -0.1) is 0 Å². The van der Waals surface area contributed by atoms with E-state index in [1.807, 2.05) is 6.07 Å². The number of piperidine rings is 2. The van der Waals surface area contributed by atoms with Crippen molar-refractivity contribution in [3.05, 3.63) is 70.3 Å². The zero-order valence-corrected chi connectivity index (χ0v) is 21.1. The fourth-order valence-electron chi connectivity index (χ4n) is 6.50. The Balaban J connectivity index is 1.09. The molecule has 4 amide bonds. The van der Waals surface area contributed by atoms with Gasteiger partial charge in [-0.1, -0.05) is 42.8 Å². The summed E-state index contributed by atoms with van der Waals surface area (Å²) in [7, 11) is 0. The molecule has 1 saturated carbocycles. The van der Waals surface area contributed by atoms with Gasteiger partial charge in [0.25, 0.3) is 11.8 Å². The number of nitrogens with zero attached hydrogens (tertiary/aromatic N) is 2. The Morgan fingerprint density at radius 2 is 1.57 bits per heavy atom. The molecule has 1 N–H and O–H groups in total. The molecule has 6 rings (SSSR count). The van der Waals surface area contributed by atoms with Gasteiger partial charge < -0.3 is 0 Å². The lowest BCUT2D eigenvalue weighted by Gasteiger charge is -2.48. The van der Waals surface area contributed by atoms with Crippen LogP contribution in [0.25, 0.3) is 0 Å². The number of aryl methyl sites for hydroxylation is 2. The maximum absolute atomic E-state index is 13.3. The summed E-state index contributed by atoms with van der Waals surface area (Å²) < 4.78 is 0. The Morgan fingerprint density at radius 1 is 0.838 bits per heavy atom. The van der Waals surface area contributed by atoms with Crippen molar-refractivity contribution in [3.8, 4) is 0 Å². The van der Waals surface area contributed by atoms with Crippen molar-refractivity contribution in [2.24, 2.45) is 5.41 Å². The van der Waals surface area contributed by atoms with Crippen molar-refractivity contribution < 1.29 is 19.2 Å². The Morgan fingerprint density at radius 3 is 2.24 bits per heavy atom. The topological polar surface area (TPSA) is 86.8 Å². The summed E-state index contributed by atoms with van der Waals surface area (Å²) in [4.78, 5) is 53.8. The second-order valence-electron chi connectivity index (χ2n) is 11.2. The van der Waals surface area contributed by atoms with Gasteiger partial charge in [0.1, 0.15) is 6.04 Å². The van der Waals surface area contributed by atoms with Crippen molar-refractivity contribution in [3.63, 3.8) is 0 Å². The molecule has 0 bridgehead atoms. The molecule has 7 nitrogen and oxygen atoms in total. The molecule has 3 heterocycles. The first-order chi connectivity index (χ1) is 17.9. The van der Waals surface area contributed by atoms with Gasteiger partial charge in [0.05, 0.1) is 11.1 Å². The molecule has 4 aliphatic rings. The molecule has 1 aliphatic carbocycles. The molecule has 1 atom stereocenters. The van der Waals surface area contributed by atoms with Crippen LogP contribution in [0.4, 0.5) is 0 Å². The third-order valence-electron chi connectivity index (χ3n) is 9.00. The SMILES string of the molecule is O=C1CCC(N2C(=O)c3cccc(CCc4ccc(CN5CCC6(CCC6)CC5)cc4)c3C2=O)C(=O)N1. The minimum Gasteiger partial charge on any atom is -0.299 e. The fraction of sp³-hybridized carbons (Fsp3) is 0.467. The molecule has 1 spiro atoms. The van der Waals surface area contributed by atoms with Crippen LogP contribution < -0.4 is 5.32 Å². The van der Waals surface area contributed by atoms with Crippen molar-refractivity contribution in [2.45, 2.75) is 70.4 Å². The number of amides is 4. The van der Waals surface area contributed by atoms with Crippen LogP contribution >= 0.6 is 0 Å². The number of likely N-dealkylation sites (tertiary alicyclic amines) is 1. The molecule has 0 aromatic heterocycles. The lowest BCUT2D eigenvalue weighted by Crippen LogP contribution is -2.54. The van der Waals surface area contributed by atoms with Crippen LogP contribution in [0.3, 0.4) is 0 Å². The largest absolute Gasteiger partial charge is 0.299 e. The first-order valence-corrected chi connectivity index (χ1v) is 13.6. The van der Waals surface area contributed by atoms with E-state index in [1.165, 1.54) is 56.3 Å². The highest BCUT2D eigenvalue weighted by Crippen LogP contribution is 2.48. The first kappa shape index (κ1) is 24.0. The summed E-state index contributed by atoms with van der Waals surface area (Å²) in [6.45, 7) is 3.39. The molecule has 1 unspecified atom stereocenters. The van der Waals surface area contributed by atoms with Crippen LogP contribution in [0, 0.1) is 5.41 Å². The molecule has 37 heavy (non-hydrogen) atoms. The number of nitrogens with one attached hydrogen (secondary N) is 1. The van der Waals surface area contributed by atoms with E-state index in [1.54, 1.807) is 12.1 Å². The number of fused-ring (bicyclic) bond motifs is 1. The molecule has 7 heteroatoms. The molecule has 0 radical (unpaired) electrons. The molecule has 2 aromatic carbocycles. The van der Waals surface area contributed by atoms with Crippen LogP contribution in [0.15, 0.2) is 42.5 Å². The molecule has 2 saturated heterocycles. The van der Waals surface area contributed by atoms with Gasteiger partial charge in [0, 0.05) is 13.0 Å². The summed E-state index contributed by atoms with van der Waals surface area (Å²) in [5.74, 6) is -1.85. The van der Waals surface area contributed by atoms with Crippen LogP contribution in [0.5, 0.6) is 0 Å². The lowest BCUT2D eigenvalue weighted by molar-refractivity contribution is -0.136. The Bertz CT molecular complexity index is 1250. The summed E-state index contributed by atoms with van der Waals surface area (Å²) in [5, 5.41) is 2.25. The van der Waals surface area contributed by atoms with Crippen molar-refractivity contribution >= 4 is 23.6 Å². The quantitative estimate of drug-likeness (QED) is 0.614. The Labute approximate surface area is 217 Å². The monoisotopic (exact) mass is 499 g/mol. The zero-order valence-electron chi connectivity index (χ0n) is 21.1. The summed E-state index contributed by atoms with van der Waals surface area (Å²) in [6.07, 6.45) is 8.60. The van der Waals surface area contributed by atoms with Crippen molar-refractivity contribution in [1.29, 1.82) is 0 Å². The number of benzene rings is 2. The Hall–Kier alpha value is -3.32. The molecule has 2 aromatic rings. The van der Waals surface area contributed by atoms with Gasteiger partial charge in [0.2, 0.25) is 11.8 Å². The van der Waals surface area contributed by atoms with Gasteiger partial charge in [-0.25, -0.2) is 0 Å². The van der Waals surface area contributed by atoms with Crippen LogP contribution in [-0.4, -0.2) is 52.6 Å². The maximum Gasteiger partial charge on any atom is 0.262 e. The highest BCUT2D eigenvalue weighted by molar-refractivity contribution is 6.24. The molecule has 192 valence electrons. The summed E-state index contributed by atoms with van der Waals surface area (Å²) in [5.41, 5.74) is 4.73. The average molecular weight is 500 g/mol. The number of rotatable bonds is 6. The highest BCUT2D eigenvalue weighted by Gasteiger charge is 2.45. The second-order valence-corrected chi connectivity index (χ2v) is 11.2. The number of imide groups is 2. The Kier molecular flexibility index (Phi) is 6.19. The second kappa shape index (κ2) is 9.53. The van der Waals surface area contributed by atoms with E-state index in [-0.39, 0.29) is 18.7 Å². The van der Waals surface area contributed by atoms with E-state index in [0.29, 0.717) is 23.0 Å². The van der Waals surface area contributed by atoms with Crippen LogP contribution in [-0.2, 0) is 29.0 Å². The number of carbonyl (C=O) groups excluding carboxylic acids is 4. The first-order valence-electron chi connectivity index (χ1n) is 13.6. The number of hydrogen-bond acceptors (Lipinski definition) is 5. The van der Waals surface area contributed by atoms with E-state index in [0.717, 1.165) is 23.4 Å². The molecular weight excluding hydrogens is 466 g/mol. The average Bonchev–Trinajstić information content (AvgIpc) is 3.13. The van der Waals surface area contributed by atoms with Gasteiger partial charge >= 0.3 is 0 Å². The lowest BCUT2D eigenvalue weighted by atomic mass is 9.63. The smallest absolute Gasteiger partial charge is 0.262 e. The fourth-order valence-corrected chi connectivity index (χ4v) is 6.50. The van der Waals surface area contributed by atoms with Gasteiger partial charge in [-0.05, 0) is 86.2 Å². The normalized spacial score (nSPS) is 23.2. The van der Waals surface area contributed by atoms with E-state index in [4.69, 9.17) is 0 Å². The van der Waals surface area contributed by atoms with Crippen LogP contribution in [0.2, 0.25) is 0 Å². The number of hydrogen-bond donors (Lipinski definition) is 1. The highest BCUT2D eigenvalue weighted by atomic mass is 16.2. The van der Waals surface area contributed by atoms with E-state index in [2.05, 4.69) is 34.5 Å². The molecular formula is C30H33N3O4. The summed E-state index contributed by atoms with van der Waals surface area (Å²) in [6, 6.07) is 13.1. The van der Waals surface area contributed by atoms with Gasteiger partial charge in [0.15, 0.2) is 0 Å². The van der Waals surface area contributed by atoms with E-state index < -0.39 is 23.8 Å². The number of carbonyl (C=O) groups is 4.